The lowest BCUT2D eigenvalue weighted by Gasteiger charge is -2.14. The van der Waals surface area contributed by atoms with E-state index in [2.05, 4.69) is 21.3 Å². The van der Waals surface area contributed by atoms with Crippen molar-refractivity contribution in [1.82, 2.24) is 21.3 Å². The van der Waals surface area contributed by atoms with Crippen LogP contribution in [-0.2, 0) is 9.59 Å². The van der Waals surface area contributed by atoms with Gasteiger partial charge in [0, 0.05) is 24.2 Å². The monoisotopic (exact) mass is 702 g/mol. The van der Waals surface area contributed by atoms with Gasteiger partial charge in [-0.2, -0.15) is 0 Å². The average molecular weight is 703 g/mol. The first-order chi connectivity index (χ1) is 25.1. The molecule has 0 aromatic heterocycles. The van der Waals surface area contributed by atoms with Gasteiger partial charge in [0.2, 0.25) is 0 Å². The van der Waals surface area contributed by atoms with Crippen LogP contribution in [0, 0.1) is 11.8 Å². The lowest BCUT2D eigenvalue weighted by Crippen LogP contribution is -2.41. The molecule has 4 N–H and O–H groups in total. The van der Waals surface area contributed by atoms with Gasteiger partial charge in [0.15, 0.2) is 0 Å². The van der Waals surface area contributed by atoms with E-state index in [1.165, 1.54) is 0 Å². The number of amides is 4. The molecule has 0 saturated heterocycles. The molecule has 0 aliphatic carbocycles. The Kier molecular flexibility index (Phi) is 14.8. The Balaban J connectivity index is 1.39. The summed E-state index contributed by atoms with van der Waals surface area (Å²) in [5.74, 6) is -0.0119. The summed E-state index contributed by atoms with van der Waals surface area (Å²) in [5, 5.41) is 10.9. The third-order valence-electron chi connectivity index (χ3n) is 7.30. The van der Waals surface area contributed by atoms with E-state index >= 15 is 0 Å². The molecule has 4 aromatic carbocycles. The van der Waals surface area contributed by atoms with Crippen molar-refractivity contribution in [2.24, 2.45) is 11.8 Å². The van der Waals surface area contributed by atoms with E-state index in [0.717, 1.165) is 0 Å². The molecule has 10 nitrogen and oxygen atoms in total. The fraction of sp³-hybridized carbons (Fsp3) is 0.238. The predicted octanol–water partition coefficient (Wildman–Crippen LogP) is 6.23. The first-order valence-electron chi connectivity index (χ1n) is 17.3. The Labute approximate surface area is 305 Å². The molecule has 0 saturated carbocycles. The number of carbonyl (C=O) groups is 4. The zero-order valence-electron chi connectivity index (χ0n) is 30.0. The van der Waals surface area contributed by atoms with E-state index in [9.17, 15) is 19.2 Å². The molecular formula is C42H46N4O6. The highest BCUT2D eigenvalue weighted by molar-refractivity contribution is 6.06. The Morgan fingerprint density at radius 1 is 0.519 bits per heavy atom. The summed E-state index contributed by atoms with van der Waals surface area (Å²) in [6.45, 7) is 9.39. The first kappa shape index (κ1) is 38.6. The number of hydrogen-bond donors (Lipinski definition) is 4. The van der Waals surface area contributed by atoms with E-state index in [1.54, 1.807) is 60.7 Å². The zero-order valence-corrected chi connectivity index (χ0v) is 30.0. The fourth-order valence-corrected chi connectivity index (χ4v) is 4.61. The van der Waals surface area contributed by atoms with Crippen molar-refractivity contribution in [2.45, 2.75) is 27.7 Å². The second kappa shape index (κ2) is 19.9. The van der Waals surface area contributed by atoms with Crippen LogP contribution in [0.25, 0.3) is 12.2 Å². The molecule has 10 heteroatoms. The lowest BCUT2D eigenvalue weighted by atomic mass is 10.1. The number of carbonyl (C=O) groups excluding carboxylic acids is 4. The smallest absolute Gasteiger partial charge is 0.267 e. The van der Waals surface area contributed by atoms with Crippen molar-refractivity contribution in [2.75, 3.05) is 26.3 Å². The van der Waals surface area contributed by atoms with Gasteiger partial charge in [0.25, 0.3) is 23.6 Å². The van der Waals surface area contributed by atoms with Crippen LogP contribution >= 0.6 is 0 Å². The summed E-state index contributed by atoms with van der Waals surface area (Å²) < 4.78 is 11.4. The Morgan fingerprint density at radius 3 is 1.19 bits per heavy atom. The van der Waals surface area contributed by atoms with Crippen molar-refractivity contribution in [1.29, 1.82) is 0 Å². The summed E-state index contributed by atoms with van der Waals surface area (Å²) in [6, 6.07) is 31.6. The Bertz CT molecular complexity index is 1700. The van der Waals surface area contributed by atoms with Crippen molar-refractivity contribution in [3.05, 3.63) is 143 Å². The standard InChI is InChI=1S/C42H46N4O6/c1-29(2)27-51-35-19-15-33(16-20-35)39(47)45-37(25-31-11-7-5-8-12-31)41(49)43-23-24-44-42(50)38(26-32-13-9-6-10-14-32)46-40(48)34-17-21-36(22-18-34)52-28-30(3)4/h5-22,25-26,29-30H,23-24,27-28H2,1-4H3,(H,43,49)(H,44,50)(H,45,47)(H,46,48)/b37-25-,38-26+. The van der Waals surface area contributed by atoms with Gasteiger partial charge in [-0.15, -0.1) is 0 Å². The molecule has 0 fully saturated rings. The molecule has 0 aliphatic heterocycles. The molecule has 0 heterocycles. The van der Waals surface area contributed by atoms with Crippen LogP contribution in [0.2, 0.25) is 0 Å². The van der Waals surface area contributed by atoms with Gasteiger partial charge >= 0.3 is 0 Å². The maximum absolute atomic E-state index is 13.3. The molecule has 0 spiro atoms. The van der Waals surface area contributed by atoms with Gasteiger partial charge in [0.05, 0.1) is 13.2 Å². The molecule has 4 aromatic rings. The summed E-state index contributed by atoms with van der Waals surface area (Å²) in [5.41, 5.74) is 2.18. The van der Waals surface area contributed by atoms with Gasteiger partial charge < -0.3 is 30.7 Å². The van der Waals surface area contributed by atoms with Crippen LogP contribution < -0.4 is 30.7 Å². The van der Waals surface area contributed by atoms with Gasteiger partial charge in [-0.3, -0.25) is 19.2 Å². The van der Waals surface area contributed by atoms with Crippen LogP contribution in [0.3, 0.4) is 0 Å². The summed E-state index contributed by atoms with van der Waals surface area (Å²) in [7, 11) is 0. The van der Waals surface area contributed by atoms with Gasteiger partial charge in [-0.05, 0) is 83.6 Å². The maximum Gasteiger partial charge on any atom is 0.267 e. The highest BCUT2D eigenvalue weighted by Gasteiger charge is 2.17. The minimum absolute atomic E-state index is 0.0280. The molecular weight excluding hydrogens is 656 g/mol. The van der Waals surface area contributed by atoms with Crippen LogP contribution in [-0.4, -0.2) is 49.9 Å². The largest absolute Gasteiger partial charge is 0.493 e. The SMILES string of the molecule is CC(C)COc1ccc(C(=O)N/C(=C\c2ccccc2)C(=O)NCCNC(=O)/C(=C\c2ccccc2)NC(=O)c2ccc(OCC(C)C)cc2)cc1. The Morgan fingerprint density at radius 2 is 0.865 bits per heavy atom. The second-order valence-corrected chi connectivity index (χ2v) is 12.8. The zero-order chi connectivity index (χ0) is 37.3. The highest BCUT2D eigenvalue weighted by atomic mass is 16.5. The van der Waals surface area contributed by atoms with Gasteiger partial charge in [-0.25, -0.2) is 0 Å². The van der Waals surface area contributed by atoms with Crippen LogP contribution in [0.15, 0.2) is 121 Å². The van der Waals surface area contributed by atoms with Crippen molar-refractivity contribution in [3.63, 3.8) is 0 Å². The van der Waals surface area contributed by atoms with Gasteiger partial charge in [-0.1, -0.05) is 88.4 Å². The predicted molar refractivity (Wildman–Crippen MR) is 203 cm³/mol. The average Bonchev–Trinajstić information content (AvgIpc) is 3.15. The fourth-order valence-electron chi connectivity index (χ4n) is 4.61. The number of benzene rings is 4. The summed E-state index contributed by atoms with van der Waals surface area (Å²) in [4.78, 5) is 53.0. The number of hydrogen-bond acceptors (Lipinski definition) is 6. The van der Waals surface area contributed by atoms with E-state index in [0.29, 0.717) is 58.8 Å². The quantitative estimate of drug-likeness (QED) is 0.0762. The number of rotatable bonds is 17. The second-order valence-electron chi connectivity index (χ2n) is 12.8. The molecule has 4 rings (SSSR count). The molecule has 0 unspecified atom stereocenters. The lowest BCUT2D eigenvalue weighted by molar-refractivity contribution is -0.119. The molecule has 52 heavy (non-hydrogen) atoms. The van der Waals surface area contributed by atoms with E-state index in [4.69, 9.17) is 9.47 Å². The normalized spacial score (nSPS) is 11.5. The highest BCUT2D eigenvalue weighted by Crippen LogP contribution is 2.16. The third-order valence-corrected chi connectivity index (χ3v) is 7.30. The molecule has 0 atom stereocenters. The third kappa shape index (κ3) is 12.9. The molecule has 270 valence electrons. The van der Waals surface area contributed by atoms with Crippen molar-refractivity contribution < 1.29 is 28.7 Å². The van der Waals surface area contributed by atoms with Crippen LogP contribution in [0.4, 0.5) is 0 Å². The minimum Gasteiger partial charge on any atom is -0.493 e. The van der Waals surface area contributed by atoms with E-state index in [1.807, 2.05) is 88.4 Å². The summed E-state index contributed by atoms with van der Waals surface area (Å²) in [6.07, 6.45) is 3.15. The van der Waals surface area contributed by atoms with Crippen molar-refractivity contribution >= 4 is 35.8 Å². The maximum atomic E-state index is 13.3. The number of ether oxygens (including phenoxy) is 2. The van der Waals surface area contributed by atoms with Crippen LogP contribution in [0.5, 0.6) is 11.5 Å². The number of nitrogens with one attached hydrogen (secondary N) is 4. The Hall–Kier alpha value is -6.16. The first-order valence-corrected chi connectivity index (χ1v) is 17.3. The molecule has 0 radical (unpaired) electrons. The van der Waals surface area contributed by atoms with Crippen molar-refractivity contribution in [3.8, 4) is 11.5 Å². The molecule has 0 aliphatic rings. The minimum atomic E-state index is -0.544. The molecule has 0 bridgehead atoms. The van der Waals surface area contributed by atoms with E-state index < -0.39 is 23.6 Å². The van der Waals surface area contributed by atoms with Crippen LogP contribution in [0.1, 0.15) is 59.5 Å². The topological polar surface area (TPSA) is 135 Å². The molecule has 4 amide bonds. The summed E-state index contributed by atoms with van der Waals surface area (Å²) >= 11 is 0. The van der Waals surface area contributed by atoms with E-state index in [-0.39, 0.29) is 24.5 Å². The van der Waals surface area contributed by atoms with Gasteiger partial charge in [0.1, 0.15) is 22.9 Å².